The number of carbonyl (C=O) groups is 6. The highest BCUT2D eigenvalue weighted by molar-refractivity contribution is 5.98. The van der Waals surface area contributed by atoms with Gasteiger partial charge in [0.1, 0.15) is 36.5 Å². The minimum atomic E-state index is -1.25. The molecule has 0 spiro atoms. The summed E-state index contributed by atoms with van der Waals surface area (Å²) < 4.78 is 14.0. The number of rotatable bonds is 14. The van der Waals surface area contributed by atoms with Crippen LogP contribution in [0, 0.1) is 11.3 Å². The largest absolute Gasteiger partial charge is 0.508 e. The fourth-order valence-electron chi connectivity index (χ4n) is 10.7. The molecule has 2 aromatic heterocycles. The number of ether oxygens (including phenoxy) is 2. The van der Waals surface area contributed by atoms with Crippen molar-refractivity contribution in [2.45, 2.75) is 117 Å². The molecule has 3 N–H and O–H groups in total. The number of likely N-dealkylation sites (N-methyl/N-ethyl adjacent to an activating group) is 1. The third-order valence-electron chi connectivity index (χ3n) is 14.4. The van der Waals surface area contributed by atoms with Crippen molar-refractivity contribution in [1.82, 2.24) is 40.0 Å². The average Bonchev–Trinajstić information content (AvgIpc) is 3.90. The van der Waals surface area contributed by atoms with Gasteiger partial charge in [-0.2, -0.15) is 0 Å². The molecule has 2 saturated heterocycles. The lowest BCUT2D eigenvalue weighted by atomic mass is 9.84. The molecule has 3 aliphatic heterocycles. The number of phenols is 1. The molecule has 6 atom stereocenters. The Morgan fingerprint density at radius 1 is 1.05 bits per heavy atom. The van der Waals surface area contributed by atoms with E-state index in [4.69, 9.17) is 9.47 Å². The van der Waals surface area contributed by atoms with Crippen LogP contribution >= 0.6 is 0 Å². The third kappa shape index (κ3) is 11.3. The van der Waals surface area contributed by atoms with Gasteiger partial charge < -0.3 is 29.4 Å². The summed E-state index contributed by atoms with van der Waals surface area (Å²) in [5.74, 6) is -3.38. The Balaban J connectivity index is 1.12. The van der Waals surface area contributed by atoms with Crippen LogP contribution in [-0.2, 0) is 70.8 Å². The number of amides is 5. The third-order valence-corrected chi connectivity index (χ3v) is 14.4. The normalized spacial score (nSPS) is 21.2. The second kappa shape index (κ2) is 22.0. The lowest BCUT2D eigenvalue weighted by molar-refractivity contribution is -0.155. The zero-order valence-electron chi connectivity index (χ0n) is 43.1. The fourth-order valence-corrected chi connectivity index (χ4v) is 10.7. The SMILES string of the molecule is CCn1c(-c2cnccc2COC)c2c3cc(ccc31)-c1cc(O)cc(c1)C[C@H](NC(=O)[C@H](C(C)C)N(C)C(=O)CN(C=O)C(=O)[C@H]1[C@@H](C)N1Cc1ccccc1)C(=O)N1CCC[C@H](N1)C(=O)OCC(C)(C)C2. The van der Waals surface area contributed by atoms with Crippen LogP contribution < -0.4 is 10.7 Å². The predicted octanol–water partition coefficient (Wildman–Crippen LogP) is 5.63. The van der Waals surface area contributed by atoms with Crippen LogP contribution in [0.5, 0.6) is 5.75 Å². The first-order valence-electron chi connectivity index (χ1n) is 25.2. The molecule has 0 radical (unpaired) electrons. The van der Waals surface area contributed by atoms with E-state index in [-0.39, 0.29) is 31.4 Å². The second-order valence-electron chi connectivity index (χ2n) is 20.8. The van der Waals surface area contributed by atoms with Crippen molar-refractivity contribution in [2.24, 2.45) is 11.3 Å². The summed E-state index contributed by atoms with van der Waals surface area (Å²) in [7, 11) is 3.10. The molecule has 1 unspecified atom stereocenters. The van der Waals surface area contributed by atoms with Gasteiger partial charge in [0, 0.05) is 80.5 Å². The van der Waals surface area contributed by atoms with Crippen LogP contribution in [-0.4, -0.2) is 134 Å². The van der Waals surface area contributed by atoms with Gasteiger partial charge in [-0.05, 0) is 103 Å². The minimum absolute atomic E-state index is 0.0466. The van der Waals surface area contributed by atoms with E-state index in [2.05, 4.69) is 53.2 Å². The summed E-state index contributed by atoms with van der Waals surface area (Å²) in [4.78, 5) is 92.0. The van der Waals surface area contributed by atoms with Gasteiger partial charge in [0.05, 0.1) is 18.9 Å². The van der Waals surface area contributed by atoms with Crippen LogP contribution in [0.4, 0.5) is 0 Å². The average molecular weight is 997 g/mol. The number of carbonyl (C=O) groups excluding carboxylic acids is 6. The molecule has 17 nitrogen and oxygen atoms in total. The molecule has 5 amide bonds. The van der Waals surface area contributed by atoms with Crippen LogP contribution in [0.2, 0.25) is 0 Å². The summed E-state index contributed by atoms with van der Waals surface area (Å²) in [5.41, 5.74) is 10.5. The number of esters is 1. The Hall–Kier alpha value is -6.95. The Bertz CT molecular complexity index is 2880. The number of hydrogen-bond acceptors (Lipinski definition) is 12. The first kappa shape index (κ1) is 52.4. The number of benzene rings is 3. The summed E-state index contributed by atoms with van der Waals surface area (Å²) in [6.45, 7) is 12.9. The van der Waals surface area contributed by atoms with E-state index in [0.29, 0.717) is 56.5 Å². The van der Waals surface area contributed by atoms with E-state index in [9.17, 15) is 33.9 Å². The Morgan fingerprint density at radius 2 is 1.82 bits per heavy atom. The van der Waals surface area contributed by atoms with Crippen molar-refractivity contribution in [1.29, 1.82) is 0 Å². The molecule has 0 aliphatic carbocycles. The van der Waals surface area contributed by atoms with Crippen LogP contribution in [0.1, 0.15) is 76.6 Å². The molecule has 73 heavy (non-hydrogen) atoms. The van der Waals surface area contributed by atoms with Gasteiger partial charge in [0.2, 0.25) is 24.1 Å². The number of aromatic nitrogens is 2. The molecule has 3 aliphatic rings. The quantitative estimate of drug-likeness (QED) is 0.0706. The zero-order chi connectivity index (χ0) is 52.3. The summed E-state index contributed by atoms with van der Waals surface area (Å²) >= 11 is 0. The van der Waals surface area contributed by atoms with E-state index in [0.717, 1.165) is 49.3 Å². The number of aromatic hydroxyl groups is 1. The summed E-state index contributed by atoms with van der Waals surface area (Å²) in [6.07, 6.45) is 5.29. The highest BCUT2D eigenvalue weighted by Gasteiger charge is 2.51. The Morgan fingerprint density at radius 3 is 2.53 bits per heavy atom. The first-order valence-corrected chi connectivity index (χ1v) is 25.2. The first-order chi connectivity index (χ1) is 34.9. The van der Waals surface area contributed by atoms with Gasteiger partial charge in [-0.1, -0.05) is 70.2 Å². The number of hydrogen-bond donors (Lipinski definition) is 3. The van der Waals surface area contributed by atoms with Gasteiger partial charge in [0.25, 0.3) is 5.91 Å². The van der Waals surface area contributed by atoms with Crippen molar-refractivity contribution >= 4 is 46.9 Å². The summed E-state index contributed by atoms with van der Waals surface area (Å²) in [6, 6.07) is 18.9. The van der Waals surface area contributed by atoms with Crippen molar-refractivity contribution in [3.8, 4) is 28.1 Å². The number of imide groups is 1. The van der Waals surface area contributed by atoms with E-state index in [1.54, 1.807) is 39.3 Å². The molecule has 3 aromatic carbocycles. The van der Waals surface area contributed by atoms with E-state index < -0.39 is 71.6 Å². The molecule has 0 saturated carbocycles. The molecule has 17 heteroatoms. The van der Waals surface area contributed by atoms with E-state index in [1.165, 1.54) is 17.0 Å². The molecule has 5 heterocycles. The predicted molar refractivity (Wildman–Crippen MR) is 275 cm³/mol. The van der Waals surface area contributed by atoms with Crippen molar-refractivity contribution in [3.63, 3.8) is 0 Å². The smallest absolute Gasteiger partial charge is 0.324 e. The number of hydrazine groups is 1. The maximum atomic E-state index is 14.8. The van der Waals surface area contributed by atoms with Crippen LogP contribution in [0.15, 0.2) is 85.2 Å². The number of cyclic esters (lactones) is 1. The van der Waals surface area contributed by atoms with Gasteiger partial charge in [-0.15, -0.1) is 0 Å². The standard InChI is InChI=1S/C56H68N8O9/c1-9-62-47-18-17-38-26-42(47)43(51(62)44-28-57-20-19-39(44)31-72-8)27-56(5,6)32-73-55(71)45-16-13-21-64(59-45)53(69)46(24-37-22-40(38)25-41(66)23-37)58-52(68)49(34(2)3)60(7)48(67)30-61(33-65)54(70)50-35(4)63(50)29-36-14-11-10-12-15-36/h10-12,14-15,17-20,22-23,25-26,28,33-35,45-46,49-50,59,66H,9,13,16,21,24,27,29-32H2,1-8H3,(H,58,68)/t35-,45+,46+,49+,50-,63?/m1/s1. The van der Waals surface area contributed by atoms with E-state index in [1.807, 2.05) is 66.6 Å². The van der Waals surface area contributed by atoms with Gasteiger partial charge in [0.15, 0.2) is 0 Å². The second-order valence-corrected chi connectivity index (χ2v) is 20.8. The molecule has 5 aromatic rings. The maximum absolute atomic E-state index is 14.8. The Kier molecular flexibility index (Phi) is 15.8. The van der Waals surface area contributed by atoms with Crippen molar-refractivity contribution in [3.05, 3.63) is 107 Å². The minimum Gasteiger partial charge on any atom is -0.508 e. The van der Waals surface area contributed by atoms with Crippen LogP contribution in [0.3, 0.4) is 0 Å². The topological polar surface area (TPSA) is 196 Å². The van der Waals surface area contributed by atoms with Gasteiger partial charge >= 0.3 is 5.97 Å². The molecular formula is C56H68N8O9. The lowest BCUT2D eigenvalue weighted by Crippen LogP contribution is -2.62. The number of aryl methyl sites for hydroxylation is 1. The molecular weight excluding hydrogens is 929 g/mol. The lowest BCUT2D eigenvalue weighted by Gasteiger charge is -2.37. The number of phenolic OH excluding ortho intramolecular Hbond substituents is 1. The van der Waals surface area contributed by atoms with Crippen LogP contribution in [0.25, 0.3) is 33.3 Å². The monoisotopic (exact) mass is 997 g/mol. The number of nitrogens with one attached hydrogen (secondary N) is 2. The van der Waals surface area contributed by atoms with Crippen molar-refractivity contribution in [2.75, 3.05) is 33.9 Å². The molecule has 8 rings (SSSR count). The van der Waals surface area contributed by atoms with Gasteiger partial charge in [-0.3, -0.25) is 48.6 Å². The number of fused-ring (bicyclic) bond motifs is 6. The molecule has 386 valence electrons. The maximum Gasteiger partial charge on any atom is 0.324 e. The van der Waals surface area contributed by atoms with E-state index >= 15 is 0 Å². The number of methoxy groups -OCH3 is 1. The highest BCUT2D eigenvalue weighted by atomic mass is 16.5. The molecule has 2 fully saturated rings. The number of pyridine rings is 1. The molecule has 6 bridgehead atoms. The number of nitrogens with zero attached hydrogens (tertiary/aromatic N) is 6. The Labute approximate surface area is 426 Å². The van der Waals surface area contributed by atoms with Gasteiger partial charge in [-0.25, -0.2) is 5.43 Å². The summed E-state index contributed by atoms with van der Waals surface area (Å²) in [5, 5.41) is 16.6. The van der Waals surface area contributed by atoms with Crippen molar-refractivity contribution < 1.29 is 43.3 Å². The fraction of sp³-hybridized carbons (Fsp3) is 0.446. The zero-order valence-corrected chi connectivity index (χ0v) is 43.1. The highest BCUT2D eigenvalue weighted by Crippen LogP contribution is 2.41.